The first-order valence-electron chi connectivity index (χ1n) is 7.31. The average molecular weight is 422 g/mol. The van der Waals surface area contributed by atoms with Gasteiger partial charge in [-0.2, -0.15) is 8.61 Å². The van der Waals surface area contributed by atoms with Crippen LogP contribution in [0.5, 0.6) is 0 Å². The van der Waals surface area contributed by atoms with Gasteiger partial charge in [0.1, 0.15) is 0 Å². The number of rotatable bonds is 4. The second kappa shape index (κ2) is 9.23. The number of imide groups is 2. The second-order valence-electron chi connectivity index (χ2n) is 4.98. The lowest BCUT2D eigenvalue weighted by Crippen LogP contribution is -2.50. The van der Waals surface area contributed by atoms with Gasteiger partial charge in [-0.3, -0.25) is 27.6 Å². The van der Waals surface area contributed by atoms with Gasteiger partial charge in [0.15, 0.2) is 0 Å². The molecule has 10 nitrogen and oxygen atoms in total. The Bertz CT molecular complexity index is 886. The molecule has 0 bridgehead atoms. The fraction of sp³-hybridized carbons (Fsp3) is 0. The quantitative estimate of drug-likeness (QED) is 0.489. The zero-order chi connectivity index (χ0) is 20.8. The minimum atomic E-state index is -3.55. The van der Waals surface area contributed by atoms with Gasteiger partial charge in [0.25, 0.3) is 11.8 Å². The van der Waals surface area contributed by atoms with Gasteiger partial charge in [0, 0.05) is 11.1 Å². The maximum Gasteiger partial charge on any atom is 0.331 e. The summed E-state index contributed by atoms with van der Waals surface area (Å²) in [5, 5.41) is 0. The third-order valence-electron chi connectivity index (χ3n) is 3.26. The topological polar surface area (TPSA) is 155 Å². The standard InChI is InChI=1S/C16H12N2O8S2/c19-13(11-7-3-1-4-8-11)17(27(23)24)15(21)16(22)18(28(25)26)14(20)12-9-5-2-6-10-12/h1-10H,(H,23,24)(H,25,26)/p-2. The Morgan fingerprint density at radius 1 is 0.607 bits per heavy atom. The lowest BCUT2D eigenvalue weighted by Gasteiger charge is -2.26. The van der Waals surface area contributed by atoms with Crippen LogP contribution in [-0.4, -0.2) is 49.8 Å². The monoisotopic (exact) mass is 422 g/mol. The molecule has 0 saturated carbocycles. The zero-order valence-corrected chi connectivity index (χ0v) is 15.4. The van der Waals surface area contributed by atoms with Crippen molar-refractivity contribution < 1.29 is 36.7 Å². The van der Waals surface area contributed by atoms with Crippen LogP contribution >= 0.6 is 0 Å². The Morgan fingerprint density at radius 2 is 0.893 bits per heavy atom. The number of hydrogen-bond donors (Lipinski definition) is 0. The summed E-state index contributed by atoms with van der Waals surface area (Å²) in [4.78, 5) is 49.1. The van der Waals surface area contributed by atoms with Gasteiger partial charge in [0.2, 0.25) is 0 Å². The number of carbonyl (C=O) groups excluding carboxylic acids is 4. The van der Waals surface area contributed by atoms with Gasteiger partial charge < -0.3 is 9.11 Å². The summed E-state index contributed by atoms with van der Waals surface area (Å²) in [6.07, 6.45) is 0. The first kappa shape index (κ1) is 21.2. The van der Waals surface area contributed by atoms with E-state index in [4.69, 9.17) is 0 Å². The molecule has 28 heavy (non-hydrogen) atoms. The maximum atomic E-state index is 12.3. The number of hydrogen-bond acceptors (Lipinski definition) is 8. The van der Waals surface area contributed by atoms with Crippen molar-refractivity contribution in [3.8, 4) is 0 Å². The minimum Gasteiger partial charge on any atom is -0.755 e. The Kier molecular flexibility index (Phi) is 7.00. The van der Waals surface area contributed by atoms with Crippen LogP contribution in [0.4, 0.5) is 0 Å². The van der Waals surface area contributed by atoms with Crippen LogP contribution in [0, 0.1) is 0 Å². The molecule has 0 aromatic heterocycles. The molecule has 2 rings (SSSR count). The summed E-state index contributed by atoms with van der Waals surface area (Å²) < 4.78 is 44.5. The van der Waals surface area contributed by atoms with E-state index in [0.717, 1.165) is 0 Å². The van der Waals surface area contributed by atoms with Crippen LogP contribution in [0.1, 0.15) is 20.7 Å². The van der Waals surface area contributed by atoms with E-state index in [1.807, 2.05) is 0 Å². The highest BCUT2D eigenvalue weighted by molar-refractivity contribution is 7.78. The molecule has 0 radical (unpaired) electrons. The first-order chi connectivity index (χ1) is 13.3. The fourth-order valence-electron chi connectivity index (χ4n) is 2.02. The molecule has 0 fully saturated rings. The minimum absolute atomic E-state index is 0.253. The van der Waals surface area contributed by atoms with E-state index in [2.05, 4.69) is 0 Å². The molecule has 0 heterocycles. The molecule has 12 heteroatoms. The van der Waals surface area contributed by atoms with Crippen molar-refractivity contribution >= 4 is 46.2 Å². The Morgan fingerprint density at radius 3 is 1.14 bits per heavy atom. The predicted octanol–water partition coefficient (Wildman–Crippen LogP) is -0.0874. The normalized spacial score (nSPS) is 12.5. The number of nitrogens with zero attached hydrogens (tertiary/aromatic N) is 2. The summed E-state index contributed by atoms with van der Waals surface area (Å²) in [5.74, 6) is -6.85. The molecule has 2 aromatic rings. The Balaban J connectivity index is 2.38. The van der Waals surface area contributed by atoms with Crippen molar-refractivity contribution in [1.82, 2.24) is 8.61 Å². The molecule has 2 unspecified atom stereocenters. The van der Waals surface area contributed by atoms with E-state index in [0.29, 0.717) is 0 Å². The van der Waals surface area contributed by atoms with Crippen LogP contribution in [0.2, 0.25) is 0 Å². The molecule has 0 N–H and O–H groups in total. The van der Waals surface area contributed by atoms with Crippen LogP contribution in [0.3, 0.4) is 0 Å². The van der Waals surface area contributed by atoms with E-state index >= 15 is 0 Å². The van der Waals surface area contributed by atoms with Crippen LogP contribution in [0.15, 0.2) is 60.7 Å². The highest BCUT2D eigenvalue weighted by Gasteiger charge is 2.36. The summed E-state index contributed by atoms with van der Waals surface area (Å²) in [5.41, 5.74) is -0.505. The number of carbonyl (C=O) groups is 4. The molecule has 0 spiro atoms. The fourth-order valence-corrected chi connectivity index (χ4v) is 2.93. The molecule has 4 amide bonds. The Labute approximate surface area is 163 Å². The Hall–Kier alpha value is -3.06. The van der Waals surface area contributed by atoms with E-state index < -0.39 is 54.8 Å². The lowest BCUT2D eigenvalue weighted by molar-refractivity contribution is -0.144. The van der Waals surface area contributed by atoms with Crippen molar-refractivity contribution in [3.05, 3.63) is 71.8 Å². The second-order valence-corrected chi connectivity index (χ2v) is 6.57. The summed E-state index contributed by atoms with van der Waals surface area (Å²) in [7, 11) is 0. The zero-order valence-electron chi connectivity index (χ0n) is 13.8. The van der Waals surface area contributed by atoms with Crippen molar-refractivity contribution in [2.24, 2.45) is 0 Å². The third kappa shape index (κ3) is 4.61. The molecule has 0 aliphatic carbocycles. The van der Waals surface area contributed by atoms with Gasteiger partial charge in [-0.15, -0.1) is 0 Å². The van der Waals surface area contributed by atoms with Gasteiger partial charge in [-0.05, 0) is 24.3 Å². The molecular formula is C16H10N2O8S2-2. The van der Waals surface area contributed by atoms with E-state index in [1.54, 1.807) is 0 Å². The van der Waals surface area contributed by atoms with E-state index in [1.165, 1.54) is 60.7 Å². The molecule has 0 aliphatic rings. The molecule has 146 valence electrons. The molecule has 0 saturated heterocycles. The van der Waals surface area contributed by atoms with Crippen molar-refractivity contribution in [2.75, 3.05) is 0 Å². The predicted molar refractivity (Wildman–Crippen MR) is 93.1 cm³/mol. The molecule has 2 aromatic carbocycles. The van der Waals surface area contributed by atoms with Crippen molar-refractivity contribution in [3.63, 3.8) is 0 Å². The lowest BCUT2D eigenvalue weighted by atomic mass is 10.2. The number of benzene rings is 2. The SMILES string of the molecule is O=C(C(=O)N(C(=O)c1ccccc1)S(=O)[O-])N(C(=O)c1ccccc1)S(=O)[O-]. The molecule has 2 atom stereocenters. The van der Waals surface area contributed by atoms with Crippen LogP contribution in [0.25, 0.3) is 0 Å². The number of amides is 4. The van der Waals surface area contributed by atoms with Gasteiger partial charge in [0.05, 0.1) is 22.5 Å². The highest BCUT2D eigenvalue weighted by atomic mass is 32.2. The van der Waals surface area contributed by atoms with Crippen molar-refractivity contribution in [1.29, 1.82) is 0 Å². The van der Waals surface area contributed by atoms with E-state index in [-0.39, 0.29) is 11.1 Å². The smallest absolute Gasteiger partial charge is 0.331 e. The van der Waals surface area contributed by atoms with Gasteiger partial charge in [-0.1, -0.05) is 36.4 Å². The first-order valence-corrected chi connectivity index (χ1v) is 9.38. The largest absolute Gasteiger partial charge is 0.755 e. The highest BCUT2D eigenvalue weighted by Crippen LogP contribution is 2.12. The maximum absolute atomic E-state index is 12.3. The van der Waals surface area contributed by atoms with Crippen LogP contribution < -0.4 is 0 Å². The van der Waals surface area contributed by atoms with Gasteiger partial charge >= 0.3 is 11.8 Å². The summed E-state index contributed by atoms with van der Waals surface area (Å²) in [6, 6.07) is 13.3. The third-order valence-corrected chi connectivity index (χ3v) is 4.52. The summed E-state index contributed by atoms with van der Waals surface area (Å²) >= 11 is -7.10. The average Bonchev–Trinajstić information content (AvgIpc) is 2.68. The molecule has 0 aliphatic heterocycles. The summed E-state index contributed by atoms with van der Waals surface area (Å²) in [6.45, 7) is 0. The van der Waals surface area contributed by atoms with Gasteiger partial charge in [-0.25, -0.2) is 0 Å². The molecular weight excluding hydrogens is 412 g/mol. The van der Waals surface area contributed by atoms with Crippen molar-refractivity contribution in [2.45, 2.75) is 0 Å². The van der Waals surface area contributed by atoms with E-state index in [9.17, 15) is 36.7 Å². The van der Waals surface area contributed by atoms with Crippen LogP contribution in [-0.2, 0) is 32.1 Å².